The van der Waals surface area contributed by atoms with Crippen molar-refractivity contribution in [2.24, 2.45) is 0 Å². The molecule has 3 aromatic carbocycles. The van der Waals surface area contributed by atoms with Crippen LogP contribution in [-0.2, 0) is 24.2 Å². The van der Waals surface area contributed by atoms with Crippen molar-refractivity contribution < 1.29 is 18.7 Å². The second-order valence-electron chi connectivity index (χ2n) is 10.0. The van der Waals surface area contributed by atoms with E-state index in [2.05, 4.69) is 40.5 Å². The highest BCUT2D eigenvalue weighted by Gasteiger charge is 2.32. The first-order valence-electron chi connectivity index (χ1n) is 13.1. The van der Waals surface area contributed by atoms with E-state index >= 15 is 0 Å². The number of aliphatic hydroxyl groups excluding tert-OH is 1. The maximum absolute atomic E-state index is 13.8. The van der Waals surface area contributed by atoms with Crippen molar-refractivity contribution in [3.63, 3.8) is 0 Å². The number of nitrogens with one attached hydrogen (secondary N) is 4. The molecular weight excluding hydrogens is 486 g/mol. The summed E-state index contributed by atoms with van der Waals surface area (Å²) in [7, 11) is 0. The fourth-order valence-corrected chi connectivity index (χ4v) is 4.76. The van der Waals surface area contributed by atoms with E-state index in [9.17, 15) is 18.7 Å². The Morgan fingerprint density at radius 2 is 1.71 bits per heavy atom. The zero-order chi connectivity index (χ0) is 27.1. The van der Waals surface area contributed by atoms with Crippen molar-refractivity contribution in [3.05, 3.63) is 106 Å². The highest BCUT2D eigenvalue weighted by Crippen LogP contribution is 2.23. The Morgan fingerprint density at radius 3 is 2.42 bits per heavy atom. The Labute approximate surface area is 222 Å². The molecule has 4 unspecified atom stereocenters. The molecule has 0 spiro atoms. The lowest BCUT2D eigenvalue weighted by Crippen LogP contribution is -2.53. The molecule has 202 valence electrons. The Morgan fingerprint density at radius 1 is 1.00 bits per heavy atom. The Bertz CT molecular complexity index is 1200. The summed E-state index contributed by atoms with van der Waals surface area (Å²) in [5, 5.41) is 17.2. The number of carbonyl (C=O) groups is 1. The lowest BCUT2D eigenvalue weighted by molar-refractivity contribution is -0.124. The van der Waals surface area contributed by atoms with Crippen molar-refractivity contribution in [1.29, 1.82) is 0 Å². The first kappa shape index (κ1) is 27.9. The van der Waals surface area contributed by atoms with Crippen LogP contribution in [0.3, 0.4) is 0 Å². The second-order valence-corrected chi connectivity index (χ2v) is 10.0. The Hall–Kier alpha value is -3.17. The van der Waals surface area contributed by atoms with Crippen LogP contribution in [0, 0.1) is 18.6 Å². The first-order chi connectivity index (χ1) is 18.3. The summed E-state index contributed by atoms with van der Waals surface area (Å²) in [6, 6.07) is 18.2. The monoisotopic (exact) mass is 522 g/mol. The fourth-order valence-electron chi connectivity index (χ4n) is 4.76. The summed E-state index contributed by atoms with van der Waals surface area (Å²) in [6.45, 7) is 4.86. The minimum atomic E-state index is -0.984. The van der Waals surface area contributed by atoms with E-state index in [0.717, 1.165) is 29.2 Å². The Kier molecular flexibility index (Phi) is 9.58. The van der Waals surface area contributed by atoms with Crippen molar-refractivity contribution in [3.8, 4) is 0 Å². The summed E-state index contributed by atoms with van der Waals surface area (Å²) in [4.78, 5) is 13.2. The standard InChI is InChI=1S/C30H36F2N4O2/c1-3-20-5-4-6-21(11-20)17-33-18-29(37)27(14-22-12-24(31)15-25(32)13-22)34-30(38)28-16-26(35-36-28)23-9-7-19(2)8-10-23/h4-13,15,26-29,33,35-37H,3,14,16-18H2,1-2H3,(H,34,38). The van der Waals surface area contributed by atoms with E-state index in [1.54, 1.807) is 0 Å². The van der Waals surface area contributed by atoms with Crippen LogP contribution in [0.5, 0.6) is 0 Å². The quantitative estimate of drug-likeness (QED) is 0.266. The van der Waals surface area contributed by atoms with Crippen LogP contribution in [0.25, 0.3) is 0 Å². The molecule has 0 saturated carbocycles. The summed E-state index contributed by atoms with van der Waals surface area (Å²) in [6.07, 6.45) is 0.555. The van der Waals surface area contributed by atoms with Crippen LogP contribution in [-0.4, -0.2) is 35.7 Å². The van der Waals surface area contributed by atoms with E-state index in [1.165, 1.54) is 17.7 Å². The molecule has 38 heavy (non-hydrogen) atoms. The van der Waals surface area contributed by atoms with E-state index in [1.807, 2.05) is 43.3 Å². The van der Waals surface area contributed by atoms with Crippen LogP contribution < -0.4 is 21.5 Å². The fraction of sp³-hybridized carbons (Fsp3) is 0.367. The Balaban J connectivity index is 1.40. The number of aliphatic hydroxyl groups is 1. The summed E-state index contributed by atoms with van der Waals surface area (Å²) in [5.74, 6) is -1.68. The minimum Gasteiger partial charge on any atom is -0.390 e. The zero-order valence-corrected chi connectivity index (χ0v) is 21.8. The van der Waals surface area contributed by atoms with Crippen LogP contribution in [0.1, 0.15) is 47.2 Å². The molecule has 5 N–H and O–H groups in total. The number of hydrogen-bond acceptors (Lipinski definition) is 5. The van der Waals surface area contributed by atoms with Gasteiger partial charge in [-0.25, -0.2) is 19.6 Å². The van der Waals surface area contributed by atoms with Gasteiger partial charge in [0.1, 0.15) is 17.7 Å². The molecule has 0 aromatic heterocycles. The number of hydrazine groups is 1. The van der Waals surface area contributed by atoms with Crippen LogP contribution >= 0.6 is 0 Å². The molecular formula is C30H36F2N4O2. The molecule has 3 aromatic rings. The minimum absolute atomic E-state index is 0.0346. The molecule has 6 nitrogen and oxygen atoms in total. The van der Waals surface area contributed by atoms with Gasteiger partial charge in [0.2, 0.25) is 5.91 Å². The molecule has 8 heteroatoms. The second kappa shape index (κ2) is 13.1. The normalized spacial score (nSPS) is 18.8. The molecule has 1 fully saturated rings. The lowest BCUT2D eigenvalue weighted by Gasteiger charge is -2.26. The van der Waals surface area contributed by atoms with Crippen molar-refractivity contribution in [1.82, 2.24) is 21.5 Å². The molecule has 1 amide bonds. The van der Waals surface area contributed by atoms with E-state index in [-0.39, 0.29) is 24.9 Å². The number of hydrogen-bond donors (Lipinski definition) is 5. The third-order valence-corrected chi connectivity index (χ3v) is 6.95. The molecule has 1 heterocycles. The van der Waals surface area contributed by atoms with E-state index in [0.29, 0.717) is 18.5 Å². The molecule has 0 radical (unpaired) electrons. The van der Waals surface area contributed by atoms with Gasteiger partial charge in [0.25, 0.3) is 0 Å². The summed E-state index contributed by atoms with van der Waals surface area (Å²) < 4.78 is 27.7. The maximum Gasteiger partial charge on any atom is 0.238 e. The number of halogens is 2. The average Bonchev–Trinajstić information content (AvgIpc) is 3.39. The molecule has 1 aliphatic heterocycles. The van der Waals surface area contributed by atoms with Gasteiger partial charge in [-0.15, -0.1) is 0 Å². The molecule has 4 rings (SSSR count). The number of carbonyl (C=O) groups excluding carboxylic acids is 1. The van der Waals surface area contributed by atoms with Gasteiger partial charge in [-0.3, -0.25) is 4.79 Å². The number of amides is 1. The van der Waals surface area contributed by atoms with E-state index < -0.39 is 29.8 Å². The van der Waals surface area contributed by atoms with Crippen LogP contribution in [0.2, 0.25) is 0 Å². The van der Waals surface area contributed by atoms with Crippen LogP contribution in [0.15, 0.2) is 66.7 Å². The third-order valence-electron chi connectivity index (χ3n) is 6.95. The van der Waals surface area contributed by atoms with Gasteiger partial charge >= 0.3 is 0 Å². The third kappa shape index (κ3) is 7.68. The van der Waals surface area contributed by atoms with E-state index in [4.69, 9.17) is 0 Å². The van der Waals surface area contributed by atoms with Crippen molar-refractivity contribution in [2.45, 2.75) is 63.9 Å². The smallest absolute Gasteiger partial charge is 0.238 e. The number of benzene rings is 3. The predicted molar refractivity (Wildman–Crippen MR) is 144 cm³/mol. The highest BCUT2D eigenvalue weighted by molar-refractivity contribution is 5.82. The van der Waals surface area contributed by atoms with Gasteiger partial charge in [-0.05, 0) is 60.6 Å². The number of aryl methyl sites for hydroxylation is 2. The largest absolute Gasteiger partial charge is 0.390 e. The van der Waals surface area contributed by atoms with Crippen LogP contribution in [0.4, 0.5) is 8.78 Å². The lowest BCUT2D eigenvalue weighted by atomic mass is 9.98. The molecule has 1 aliphatic rings. The SMILES string of the molecule is CCc1cccc(CNCC(O)C(Cc2cc(F)cc(F)c2)NC(=O)C2CC(c3ccc(C)cc3)NN2)c1. The molecule has 4 atom stereocenters. The molecule has 0 aliphatic carbocycles. The van der Waals surface area contributed by atoms with Gasteiger partial charge in [0.15, 0.2) is 0 Å². The van der Waals surface area contributed by atoms with Crippen molar-refractivity contribution >= 4 is 5.91 Å². The van der Waals surface area contributed by atoms with Gasteiger partial charge < -0.3 is 15.7 Å². The summed E-state index contributed by atoms with van der Waals surface area (Å²) in [5.41, 5.74) is 11.1. The highest BCUT2D eigenvalue weighted by atomic mass is 19.1. The van der Waals surface area contributed by atoms with Gasteiger partial charge in [0, 0.05) is 25.2 Å². The van der Waals surface area contributed by atoms with Crippen molar-refractivity contribution in [2.75, 3.05) is 6.54 Å². The molecule has 0 bridgehead atoms. The molecule has 1 saturated heterocycles. The predicted octanol–water partition coefficient (Wildman–Crippen LogP) is 3.62. The van der Waals surface area contributed by atoms with Gasteiger partial charge in [-0.2, -0.15) is 0 Å². The number of rotatable bonds is 11. The van der Waals surface area contributed by atoms with Gasteiger partial charge in [0.05, 0.1) is 12.1 Å². The average molecular weight is 523 g/mol. The summed E-state index contributed by atoms with van der Waals surface area (Å²) >= 11 is 0. The maximum atomic E-state index is 13.8. The zero-order valence-electron chi connectivity index (χ0n) is 21.8. The first-order valence-corrected chi connectivity index (χ1v) is 13.1. The topological polar surface area (TPSA) is 85.4 Å². The van der Waals surface area contributed by atoms with Gasteiger partial charge in [-0.1, -0.05) is 61.0 Å².